The zero-order valence-corrected chi connectivity index (χ0v) is 10.8. The lowest BCUT2D eigenvalue weighted by atomic mass is 10.2. The van der Waals surface area contributed by atoms with Crippen LogP contribution in [-0.4, -0.2) is 28.5 Å². The van der Waals surface area contributed by atoms with E-state index in [0.717, 1.165) is 17.8 Å². The predicted molar refractivity (Wildman–Crippen MR) is 67.5 cm³/mol. The summed E-state index contributed by atoms with van der Waals surface area (Å²) in [5, 5.41) is 6.14. The molecule has 1 atom stereocenters. The lowest BCUT2D eigenvalue weighted by Gasteiger charge is -2.11. The zero-order valence-electron chi connectivity index (χ0n) is 10.8. The van der Waals surface area contributed by atoms with Crippen molar-refractivity contribution in [1.82, 2.24) is 20.6 Å². The molecule has 5 heteroatoms. The number of carbonyl (C=O) groups excluding carboxylic acids is 1. The van der Waals surface area contributed by atoms with Crippen LogP contribution < -0.4 is 10.6 Å². The molecule has 0 aliphatic carbocycles. The Labute approximate surface area is 102 Å². The minimum Gasteiger partial charge on any atom is -0.354 e. The van der Waals surface area contributed by atoms with Gasteiger partial charge in [-0.2, -0.15) is 0 Å². The molecule has 0 fully saturated rings. The molecule has 1 amide bonds. The summed E-state index contributed by atoms with van der Waals surface area (Å²) in [5.74, 6) is 0.102. The summed E-state index contributed by atoms with van der Waals surface area (Å²) >= 11 is 0. The highest BCUT2D eigenvalue weighted by molar-refractivity contribution is 5.76. The Hall–Kier alpha value is -1.36. The molecule has 96 valence electrons. The van der Waals surface area contributed by atoms with E-state index in [9.17, 15) is 4.79 Å². The van der Waals surface area contributed by atoms with E-state index in [-0.39, 0.29) is 11.9 Å². The second kappa shape index (κ2) is 7.06. The minimum absolute atomic E-state index is 0.102. The van der Waals surface area contributed by atoms with Crippen molar-refractivity contribution in [1.29, 1.82) is 0 Å². The third-order valence-corrected chi connectivity index (χ3v) is 2.78. The summed E-state index contributed by atoms with van der Waals surface area (Å²) in [5.41, 5.74) is 2.08. The van der Waals surface area contributed by atoms with Gasteiger partial charge in [0.2, 0.25) is 5.91 Å². The fraction of sp³-hybridized carbons (Fsp3) is 0.667. The Morgan fingerprint density at radius 3 is 2.94 bits per heavy atom. The predicted octanol–water partition coefficient (Wildman–Crippen LogP) is 1.11. The van der Waals surface area contributed by atoms with E-state index in [1.54, 1.807) is 6.33 Å². The number of nitrogens with one attached hydrogen (secondary N) is 3. The Morgan fingerprint density at radius 1 is 1.59 bits per heavy atom. The minimum atomic E-state index is 0.102. The van der Waals surface area contributed by atoms with Crippen molar-refractivity contribution in [2.45, 2.75) is 46.2 Å². The quantitative estimate of drug-likeness (QED) is 0.623. The molecule has 0 spiro atoms. The molecule has 1 heterocycles. The van der Waals surface area contributed by atoms with Crippen LogP contribution in [-0.2, 0) is 11.3 Å². The molecule has 0 aromatic carbocycles. The highest BCUT2D eigenvalue weighted by Gasteiger charge is 2.05. The van der Waals surface area contributed by atoms with Crippen LogP contribution in [0, 0.1) is 6.92 Å². The summed E-state index contributed by atoms with van der Waals surface area (Å²) in [6.45, 7) is 7.43. The van der Waals surface area contributed by atoms with Crippen LogP contribution in [0.4, 0.5) is 0 Å². The number of amides is 1. The number of rotatable bonds is 7. The van der Waals surface area contributed by atoms with E-state index < -0.39 is 0 Å². The maximum atomic E-state index is 11.5. The first-order chi connectivity index (χ1) is 8.13. The standard InChI is InChI=1S/C12H22N4O/c1-4-9(2)16-12(17)5-6-13-7-11-10(3)14-8-15-11/h8-9,13H,4-7H2,1-3H3,(H,14,15)(H,16,17). The maximum absolute atomic E-state index is 11.5. The first-order valence-electron chi connectivity index (χ1n) is 6.12. The second-order valence-corrected chi connectivity index (χ2v) is 4.28. The monoisotopic (exact) mass is 238 g/mol. The number of aromatic amines is 1. The molecule has 1 rings (SSSR count). The van der Waals surface area contributed by atoms with E-state index >= 15 is 0 Å². The molecular weight excluding hydrogens is 216 g/mol. The van der Waals surface area contributed by atoms with Crippen molar-refractivity contribution in [2.75, 3.05) is 6.54 Å². The van der Waals surface area contributed by atoms with Gasteiger partial charge in [0.05, 0.1) is 12.0 Å². The van der Waals surface area contributed by atoms with Crippen LogP contribution in [0.25, 0.3) is 0 Å². The summed E-state index contributed by atoms with van der Waals surface area (Å²) in [6.07, 6.45) is 3.15. The second-order valence-electron chi connectivity index (χ2n) is 4.28. The third-order valence-electron chi connectivity index (χ3n) is 2.78. The molecular formula is C12H22N4O. The molecule has 0 radical (unpaired) electrons. The fourth-order valence-corrected chi connectivity index (χ4v) is 1.42. The van der Waals surface area contributed by atoms with Crippen molar-refractivity contribution in [3.63, 3.8) is 0 Å². The SMILES string of the molecule is CCC(C)NC(=O)CCNCc1nc[nH]c1C. The van der Waals surface area contributed by atoms with Gasteiger partial charge < -0.3 is 15.6 Å². The van der Waals surface area contributed by atoms with E-state index in [4.69, 9.17) is 0 Å². The van der Waals surface area contributed by atoms with Gasteiger partial charge in [0.1, 0.15) is 0 Å². The maximum Gasteiger partial charge on any atom is 0.221 e. The van der Waals surface area contributed by atoms with Gasteiger partial charge in [0.25, 0.3) is 0 Å². The Kier molecular flexibility index (Phi) is 5.69. The number of H-pyrrole nitrogens is 1. The van der Waals surface area contributed by atoms with Gasteiger partial charge in [0, 0.05) is 31.2 Å². The average Bonchev–Trinajstić information content (AvgIpc) is 2.70. The molecule has 1 aromatic heterocycles. The van der Waals surface area contributed by atoms with Gasteiger partial charge in [-0.3, -0.25) is 4.79 Å². The first-order valence-corrected chi connectivity index (χ1v) is 6.12. The highest BCUT2D eigenvalue weighted by atomic mass is 16.1. The van der Waals surface area contributed by atoms with Gasteiger partial charge in [-0.05, 0) is 20.3 Å². The van der Waals surface area contributed by atoms with Crippen molar-refractivity contribution in [3.05, 3.63) is 17.7 Å². The summed E-state index contributed by atoms with van der Waals surface area (Å²) in [4.78, 5) is 18.7. The van der Waals surface area contributed by atoms with Crippen LogP contribution in [0.2, 0.25) is 0 Å². The molecule has 0 saturated carbocycles. The molecule has 0 saturated heterocycles. The number of hydrogen-bond donors (Lipinski definition) is 3. The number of carbonyl (C=O) groups is 1. The normalized spacial score (nSPS) is 12.4. The van der Waals surface area contributed by atoms with Crippen LogP contribution in [0.5, 0.6) is 0 Å². The first kappa shape index (κ1) is 13.7. The molecule has 0 bridgehead atoms. The number of nitrogens with zero attached hydrogens (tertiary/aromatic N) is 1. The molecule has 3 N–H and O–H groups in total. The molecule has 17 heavy (non-hydrogen) atoms. The zero-order chi connectivity index (χ0) is 12.7. The molecule has 5 nitrogen and oxygen atoms in total. The number of aromatic nitrogens is 2. The van der Waals surface area contributed by atoms with Crippen molar-refractivity contribution in [3.8, 4) is 0 Å². The smallest absolute Gasteiger partial charge is 0.221 e. The molecule has 1 unspecified atom stereocenters. The van der Waals surface area contributed by atoms with E-state index in [2.05, 4.69) is 27.5 Å². The highest BCUT2D eigenvalue weighted by Crippen LogP contribution is 1.98. The van der Waals surface area contributed by atoms with E-state index in [1.165, 1.54) is 0 Å². The van der Waals surface area contributed by atoms with Crippen LogP contribution >= 0.6 is 0 Å². The summed E-state index contributed by atoms with van der Waals surface area (Å²) in [7, 11) is 0. The Balaban J connectivity index is 2.12. The van der Waals surface area contributed by atoms with E-state index in [0.29, 0.717) is 19.5 Å². The number of aryl methyl sites for hydroxylation is 1. The molecule has 0 aliphatic rings. The largest absolute Gasteiger partial charge is 0.354 e. The third kappa shape index (κ3) is 4.99. The lowest BCUT2D eigenvalue weighted by Crippen LogP contribution is -2.33. The summed E-state index contributed by atoms with van der Waals surface area (Å²) < 4.78 is 0. The number of hydrogen-bond acceptors (Lipinski definition) is 3. The topological polar surface area (TPSA) is 69.8 Å². The van der Waals surface area contributed by atoms with Gasteiger partial charge >= 0.3 is 0 Å². The van der Waals surface area contributed by atoms with Gasteiger partial charge in [-0.15, -0.1) is 0 Å². The van der Waals surface area contributed by atoms with E-state index in [1.807, 2.05) is 13.8 Å². The van der Waals surface area contributed by atoms with Crippen molar-refractivity contribution < 1.29 is 4.79 Å². The average molecular weight is 238 g/mol. The lowest BCUT2D eigenvalue weighted by molar-refractivity contribution is -0.121. The van der Waals surface area contributed by atoms with Crippen molar-refractivity contribution >= 4 is 5.91 Å². The summed E-state index contributed by atoms with van der Waals surface area (Å²) in [6, 6.07) is 0.260. The molecule has 0 aliphatic heterocycles. The van der Waals surface area contributed by atoms with Crippen LogP contribution in [0.1, 0.15) is 38.1 Å². The Bertz CT molecular complexity index is 348. The number of imidazole rings is 1. The van der Waals surface area contributed by atoms with Crippen LogP contribution in [0.3, 0.4) is 0 Å². The Morgan fingerprint density at radius 2 is 2.35 bits per heavy atom. The fourth-order valence-electron chi connectivity index (χ4n) is 1.42. The van der Waals surface area contributed by atoms with Crippen molar-refractivity contribution in [2.24, 2.45) is 0 Å². The molecule has 1 aromatic rings. The van der Waals surface area contributed by atoms with Gasteiger partial charge in [-0.1, -0.05) is 6.92 Å². The van der Waals surface area contributed by atoms with Crippen LogP contribution in [0.15, 0.2) is 6.33 Å². The van der Waals surface area contributed by atoms with Gasteiger partial charge in [-0.25, -0.2) is 4.98 Å². The van der Waals surface area contributed by atoms with Gasteiger partial charge in [0.15, 0.2) is 0 Å².